The smallest absolute Gasteiger partial charge is 0.419 e. The Kier molecular flexibility index (Phi) is 8.57. The van der Waals surface area contributed by atoms with Crippen LogP contribution >= 0.6 is 0 Å². The molecule has 0 spiro atoms. The van der Waals surface area contributed by atoms with E-state index in [-0.39, 0.29) is 6.42 Å². The van der Waals surface area contributed by atoms with E-state index in [2.05, 4.69) is 5.32 Å². The number of aryl methyl sites for hydroxylation is 2. The molecule has 186 valence electrons. The summed E-state index contributed by atoms with van der Waals surface area (Å²) in [6, 6.07) is 13.6. The van der Waals surface area contributed by atoms with Crippen LogP contribution in [0.25, 0.3) is 0 Å². The van der Waals surface area contributed by atoms with Crippen molar-refractivity contribution in [2.24, 2.45) is 5.92 Å². The number of amides is 2. The van der Waals surface area contributed by atoms with Gasteiger partial charge < -0.3 is 15.2 Å². The van der Waals surface area contributed by atoms with Crippen molar-refractivity contribution < 1.29 is 33.4 Å². The third-order valence-corrected chi connectivity index (χ3v) is 5.89. The van der Waals surface area contributed by atoms with Gasteiger partial charge in [-0.25, -0.2) is 14.1 Å². The zero-order valence-corrected chi connectivity index (χ0v) is 19.7. The lowest BCUT2D eigenvalue weighted by atomic mass is 10.0. The second-order valence-electron chi connectivity index (χ2n) is 8.73. The first-order valence-corrected chi connectivity index (χ1v) is 11.5. The predicted molar refractivity (Wildman–Crippen MR) is 127 cm³/mol. The molecule has 0 radical (unpaired) electrons. The third-order valence-electron chi connectivity index (χ3n) is 5.89. The first kappa shape index (κ1) is 25.9. The van der Waals surface area contributed by atoms with E-state index >= 15 is 0 Å². The van der Waals surface area contributed by atoms with Gasteiger partial charge in [0.25, 0.3) is 5.91 Å². The molecule has 9 heteroatoms. The van der Waals surface area contributed by atoms with Crippen LogP contribution in [0.2, 0.25) is 0 Å². The van der Waals surface area contributed by atoms with E-state index in [9.17, 15) is 23.6 Å². The molecule has 3 rings (SSSR count). The molecule has 0 aromatic heterocycles. The molecule has 0 saturated heterocycles. The Morgan fingerprint density at radius 1 is 1.00 bits per heavy atom. The van der Waals surface area contributed by atoms with Crippen LogP contribution in [0.15, 0.2) is 48.5 Å². The summed E-state index contributed by atoms with van der Waals surface area (Å²) in [6.07, 6.45) is -1.30. The number of para-hydroxylation sites is 2. The van der Waals surface area contributed by atoms with Crippen molar-refractivity contribution in [1.82, 2.24) is 5.32 Å². The normalized spacial score (nSPS) is 14.2. The van der Waals surface area contributed by atoms with Crippen LogP contribution in [0.5, 0.6) is 0 Å². The molecule has 2 aromatic rings. The van der Waals surface area contributed by atoms with Gasteiger partial charge in [0.05, 0.1) is 17.4 Å². The minimum atomic E-state index is -1.35. The zero-order valence-electron chi connectivity index (χ0n) is 19.7. The van der Waals surface area contributed by atoms with Crippen molar-refractivity contribution in [3.63, 3.8) is 0 Å². The Morgan fingerprint density at radius 2 is 1.54 bits per heavy atom. The SMILES string of the molecule is CC(C)C(OC(=O)N1c2ccccc2CCc2ccccc21)C(=O)NC(CCC(=O)O)C(=O)CF. The number of rotatable bonds is 9. The van der Waals surface area contributed by atoms with E-state index in [1.165, 1.54) is 4.90 Å². The quantitative estimate of drug-likeness (QED) is 0.557. The Bertz CT molecular complexity index is 1060. The van der Waals surface area contributed by atoms with Gasteiger partial charge >= 0.3 is 12.1 Å². The maximum Gasteiger partial charge on any atom is 0.419 e. The fraction of sp³-hybridized carbons (Fsp3) is 0.385. The molecule has 0 saturated carbocycles. The molecule has 0 aliphatic carbocycles. The number of nitrogens with one attached hydrogen (secondary N) is 1. The summed E-state index contributed by atoms with van der Waals surface area (Å²) in [7, 11) is 0. The molecule has 1 aliphatic heterocycles. The van der Waals surface area contributed by atoms with E-state index in [4.69, 9.17) is 9.84 Å². The summed E-state index contributed by atoms with van der Waals surface area (Å²) < 4.78 is 18.7. The van der Waals surface area contributed by atoms with Gasteiger partial charge in [0.1, 0.15) is 6.67 Å². The van der Waals surface area contributed by atoms with Crippen LogP contribution in [0.3, 0.4) is 0 Å². The number of hydrogen-bond donors (Lipinski definition) is 2. The third kappa shape index (κ3) is 6.23. The molecule has 2 N–H and O–H groups in total. The first-order chi connectivity index (χ1) is 16.7. The van der Waals surface area contributed by atoms with E-state index in [1.54, 1.807) is 13.8 Å². The lowest BCUT2D eigenvalue weighted by Gasteiger charge is -2.28. The van der Waals surface area contributed by atoms with Gasteiger partial charge in [-0.15, -0.1) is 0 Å². The van der Waals surface area contributed by atoms with Crippen LogP contribution in [0.4, 0.5) is 20.6 Å². The second-order valence-corrected chi connectivity index (χ2v) is 8.73. The molecule has 2 amide bonds. The van der Waals surface area contributed by atoms with Crippen LogP contribution in [-0.2, 0) is 32.0 Å². The standard InChI is InChI=1S/C26H29FN2O6/c1-16(2)24(25(33)28-19(22(30)15-27)13-14-23(31)32)35-26(34)29-20-9-5-3-7-17(20)11-12-18-8-4-6-10-21(18)29/h3-10,16,19,24H,11-15H2,1-2H3,(H,28,33)(H,31,32). The molecule has 1 heterocycles. The van der Waals surface area contributed by atoms with E-state index in [1.807, 2.05) is 48.5 Å². The van der Waals surface area contributed by atoms with Crippen molar-refractivity contribution in [1.29, 1.82) is 0 Å². The van der Waals surface area contributed by atoms with E-state index < -0.39 is 54.9 Å². The van der Waals surface area contributed by atoms with Crippen molar-refractivity contribution in [2.75, 3.05) is 11.6 Å². The fourth-order valence-corrected chi connectivity index (χ4v) is 4.06. The van der Waals surface area contributed by atoms with Gasteiger partial charge in [-0.05, 0) is 48.4 Å². The van der Waals surface area contributed by atoms with E-state index in [0.717, 1.165) is 24.0 Å². The molecule has 2 aromatic carbocycles. The number of carbonyl (C=O) groups is 4. The maximum atomic E-state index is 13.5. The Balaban J connectivity index is 1.87. The minimum Gasteiger partial charge on any atom is -0.481 e. The fourth-order valence-electron chi connectivity index (χ4n) is 4.06. The number of alkyl halides is 1. The number of fused-ring (bicyclic) bond motifs is 2. The second kappa shape index (κ2) is 11.6. The highest BCUT2D eigenvalue weighted by Gasteiger charge is 2.34. The summed E-state index contributed by atoms with van der Waals surface area (Å²) in [5.41, 5.74) is 3.21. The van der Waals surface area contributed by atoms with Crippen molar-refractivity contribution >= 4 is 35.1 Å². The zero-order chi connectivity index (χ0) is 25.5. The largest absolute Gasteiger partial charge is 0.481 e. The number of carboxylic acid groups (broad SMARTS) is 1. The van der Waals surface area contributed by atoms with Gasteiger partial charge in [0.15, 0.2) is 11.9 Å². The number of carboxylic acids is 1. The lowest BCUT2D eigenvalue weighted by molar-refractivity contribution is -0.139. The molecular formula is C26H29FN2O6. The molecule has 2 atom stereocenters. The van der Waals surface area contributed by atoms with E-state index in [0.29, 0.717) is 11.4 Å². The number of Topliss-reactive ketones (excluding diaryl/α,β-unsaturated/α-hetero) is 1. The van der Waals surface area contributed by atoms with Crippen molar-refractivity contribution in [3.8, 4) is 0 Å². The number of carbonyl (C=O) groups excluding carboxylic acids is 3. The number of ketones is 1. The lowest BCUT2D eigenvalue weighted by Crippen LogP contribution is -2.49. The van der Waals surface area contributed by atoms with Gasteiger partial charge in [-0.2, -0.15) is 0 Å². The monoisotopic (exact) mass is 484 g/mol. The highest BCUT2D eigenvalue weighted by Crippen LogP contribution is 2.36. The number of nitrogens with zero attached hydrogens (tertiary/aromatic N) is 1. The summed E-state index contributed by atoms with van der Waals surface area (Å²) in [6.45, 7) is 1.99. The summed E-state index contributed by atoms with van der Waals surface area (Å²) >= 11 is 0. The minimum absolute atomic E-state index is 0.268. The van der Waals surface area contributed by atoms with Crippen LogP contribution in [0, 0.1) is 5.92 Å². The molecule has 1 aliphatic rings. The summed E-state index contributed by atoms with van der Waals surface area (Å²) in [5, 5.41) is 11.3. The molecular weight excluding hydrogens is 455 g/mol. The summed E-state index contributed by atoms with van der Waals surface area (Å²) in [5.74, 6) is -3.39. The van der Waals surface area contributed by atoms with Crippen LogP contribution in [0.1, 0.15) is 37.8 Å². The number of ether oxygens (including phenoxy) is 1. The highest BCUT2D eigenvalue weighted by molar-refractivity contribution is 6.00. The number of halogens is 1. The molecule has 0 fully saturated rings. The number of anilines is 2. The summed E-state index contributed by atoms with van der Waals surface area (Å²) in [4.78, 5) is 50.8. The van der Waals surface area contributed by atoms with Gasteiger partial charge in [-0.1, -0.05) is 50.2 Å². The number of aliphatic carboxylic acids is 1. The average Bonchev–Trinajstić information content (AvgIpc) is 3.01. The first-order valence-electron chi connectivity index (χ1n) is 11.5. The highest BCUT2D eigenvalue weighted by atomic mass is 19.1. The Hall–Kier alpha value is -3.75. The topological polar surface area (TPSA) is 113 Å². The van der Waals surface area contributed by atoms with Crippen LogP contribution < -0.4 is 10.2 Å². The van der Waals surface area contributed by atoms with Crippen LogP contribution in [-0.4, -0.2) is 47.7 Å². The maximum absolute atomic E-state index is 13.5. The molecule has 8 nitrogen and oxygen atoms in total. The van der Waals surface area contributed by atoms with Crippen molar-refractivity contribution in [3.05, 3.63) is 59.7 Å². The molecule has 0 bridgehead atoms. The predicted octanol–water partition coefficient (Wildman–Crippen LogP) is 3.97. The number of hydrogen-bond acceptors (Lipinski definition) is 5. The average molecular weight is 485 g/mol. The van der Waals surface area contributed by atoms with Gasteiger partial charge in [0, 0.05) is 6.42 Å². The van der Waals surface area contributed by atoms with Crippen molar-refractivity contribution in [2.45, 2.75) is 51.7 Å². The van der Waals surface area contributed by atoms with Gasteiger partial charge in [0.2, 0.25) is 0 Å². The number of benzene rings is 2. The molecule has 2 unspecified atom stereocenters. The molecule has 35 heavy (non-hydrogen) atoms. The Labute approximate surface area is 203 Å². The van der Waals surface area contributed by atoms with Gasteiger partial charge in [-0.3, -0.25) is 14.4 Å². The Morgan fingerprint density at radius 3 is 2.03 bits per heavy atom.